The summed E-state index contributed by atoms with van der Waals surface area (Å²) in [5.41, 5.74) is 1.21. The molecule has 0 aromatic heterocycles. The van der Waals surface area contributed by atoms with Crippen molar-refractivity contribution in [3.8, 4) is 0 Å². The molecule has 1 aliphatic heterocycles. The summed E-state index contributed by atoms with van der Waals surface area (Å²) >= 11 is 0. The first-order valence-electron chi connectivity index (χ1n) is 19.4. The minimum absolute atomic E-state index is 0.0232. The van der Waals surface area contributed by atoms with Crippen LogP contribution in [0.1, 0.15) is 127 Å². The van der Waals surface area contributed by atoms with Gasteiger partial charge in [0.2, 0.25) is 0 Å². The van der Waals surface area contributed by atoms with E-state index < -0.39 is 54.6 Å². The van der Waals surface area contributed by atoms with Crippen molar-refractivity contribution in [2.24, 2.45) is 39.9 Å². The summed E-state index contributed by atoms with van der Waals surface area (Å²) in [5, 5.41) is 22.8. The first-order valence-corrected chi connectivity index (χ1v) is 19.4. The molecule has 1 heterocycles. The highest BCUT2D eigenvalue weighted by Crippen LogP contribution is 2.74. The van der Waals surface area contributed by atoms with Crippen molar-refractivity contribution >= 4 is 23.9 Å². The number of ether oxygens (including phenoxy) is 5. The van der Waals surface area contributed by atoms with Crippen LogP contribution in [0, 0.1) is 39.9 Å². The molecule has 11 heteroatoms. The Morgan fingerprint density at radius 2 is 1.58 bits per heavy atom. The predicted molar refractivity (Wildman–Crippen MR) is 191 cm³/mol. The largest absolute Gasteiger partial charge is 0.478 e. The second-order valence-electron chi connectivity index (χ2n) is 17.4. The zero-order valence-electron chi connectivity index (χ0n) is 32.7. The highest BCUT2D eigenvalue weighted by Gasteiger charge is 2.71. The molecule has 11 nitrogen and oxygen atoms in total. The minimum atomic E-state index is -0.982. The smallest absolute Gasteiger partial charge is 0.331 e. The summed E-state index contributed by atoms with van der Waals surface area (Å²) in [6.07, 6.45) is 5.40. The Morgan fingerprint density at radius 3 is 2.19 bits per heavy atom. The van der Waals surface area contributed by atoms with Gasteiger partial charge in [-0.05, 0) is 117 Å². The number of aliphatic hydroxyl groups excluding tert-OH is 1. The van der Waals surface area contributed by atoms with Gasteiger partial charge in [0, 0.05) is 32.8 Å². The Labute approximate surface area is 309 Å². The van der Waals surface area contributed by atoms with Crippen molar-refractivity contribution in [2.45, 2.75) is 163 Å². The van der Waals surface area contributed by atoms with Crippen LogP contribution in [0.2, 0.25) is 0 Å². The topological polar surface area (TPSA) is 155 Å². The molecule has 5 fully saturated rings. The van der Waals surface area contributed by atoms with Gasteiger partial charge < -0.3 is 33.9 Å². The second kappa shape index (κ2) is 15.5. The lowest BCUT2D eigenvalue weighted by Gasteiger charge is -2.69. The molecule has 0 aromatic rings. The Balaban J connectivity index is 1.39. The zero-order valence-corrected chi connectivity index (χ0v) is 32.7. The lowest BCUT2D eigenvalue weighted by molar-refractivity contribution is -0.278. The maximum absolute atomic E-state index is 12.9. The Kier molecular flexibility index (Phi) is 12.1. The number of hydrogen-bond donors (Lipinski definition) is 2. The molecule has 2 unspecified atom stereocenters. The van der Waals surface area contributed by atoms with Gasteiger partial charge >= 0.3 is 23.9 Å². The molecular weight excluding hydrogens is 668 g/mol. The molecule has 292 valence electrons. The fraction of sp³-hybridized carbons (Fsp3) is 0.805. The van der Waals surface area contributed by atoms with Gasteiger partial charge in [-0.25, -0.2) is 4.79 Å². The number of aliphatic carboxylic acids is 1. The number of carboxylic acids is 1. The van der Waals surface area contributed by atoms with Gasteiger partial charge in [0.15, 0.2) is 6.29 Å². The average molecular weight is 731 g/mol. The predicted octanol–water partition coefficient (Wildman–Crippen LogP) is 6.69. The van der Waals surface area contributed by atoms with Crippen molar-refractivity contribution in [3.63, 3.8) is 0 Å². The van der Waals surface area contributed by atoms with E-state index in [0.29, 0.717) is 49.7 Å². The van der Waals surface area contributed by atoms with E-state index in [4.69, 9.17) is 23.7 Å². The molecule has 0 aromatic carbocycles. The molecule has 5 rings (SSSR count). The van der Waals surface area contributed by atoms with Crippen LogP contribution in [0.3, 0.4) is 0 Å². The number of carbonyl (C=O) groups excluding carboxylic acids is 3. The molecular formula is C41H62O11. The van der Waals surface area contributed by atoms with Crippen LogP contribution in [0.4, 0.5) is 0 Å². The molecule has 1 saturated heterocycles. The summed E-state index contributed by atoms with van der Waals surface area (Å²) in [7, 11) is 0. The van der Waals surface area contributed by atoms with E-state index in [1.807, 2.05) is 19.9 Å². The summed E-state index contributed by atoms with van der Waals surface area (Å²) in [4.78, 5) is 48.6. The number of rotatable bonds is 10. The molecule has 0 radical (unpaired) electrons. The van der Waals surface area contributed by atoms with E-state index in [0.717, 1.165) is 31.3 Å². The Hall–Kier alpha value is -2.76. The fourth-order valence-electron chi connectivity index (χ4n) is 11.8. The van der Waals surface area contributed by atoms with E-state index in [1.165, 1.54) is 20.8 Å². The van der Waals surface area contributed by atoms with Crippen molar-refractivity contribution in [3.05, 3.63) is 22.8 Å². The third-order valence-electron chi connectivity index (χ3n) is 14.1. The molecule has 0 amide bonds. The number of esters is 3. The standard InChI is InChI=1S/C41H62O11/c1-22(2)11-10-12-27(38(46)47)36-29-19-30(45)37-39(7)17-16-31(51-35-14-13-32(49-25(5)43)34(52-35)21-48-24(4)42)23(3)28(39)15-18-40(37,8)41(29,9)20-33(36)50-26(6)44/h11,23,28-35,37,45H,10,12-21H2,1-9H3,(H,46,47)/b36-27+/t23-,28-,29-,30+,31+,32-,33-,34+,35?,37?,39-,40-,41-/m0/s1. The molecule has 4 saturated carbocycles. The molecule has 5 aliphatic rings. The Bertz CT molecular complexity index is 1450. The van der Waals surface area contributed by atoms with Gasteiger partial charge in [-0.15, -0.1) is 0 Å². The molecule has 2 N–H and O–H groups in total. The van der Waals surface area contributed by atoms with Crippen LogP contribution in [0.25, 0.3) is 0 Å². The number of aliphatic hydroxyl groups is 1. The molecule has 52 heavy (non-hydrogen) atoms. The normalized spacial score (nSPS) is 42.1. The maximum atomic E-state index is 12.9. The fourth-order valence-corrected chi connectivity index (χ4v) is 11.8. The van der Waals surface area contributed by atoms with Gasteiger partial charge in [-0.3, -0.25) is 14.4 Å². The molecule has 4 aliphatic carbocycles. The third kappa shape index (κ3) is 7.61. The van der Waals surface area contributed by atoms with Gasteiger partial charge in [0.05, 0.1) is 12.2 Å². The van der Waals surface area contributed by atoms with Crippen molar-refractivity contribution in [1.29, 1.82) is 0 Å². The molecule has 0 spiro atoms. The molecule has 13 atom stereocenters. The Morgan fingerprint density at radius 1 is 0.885 bits per heavy atom. The molecule has 0 bridgehead atoms. The zero-order chi connectivity index (χ0) is 38.3. The third-order valence-corrected chi connectivity index (χ3v) is 14.1. The van der Waals surface area contributed by atoms with Crippen molar-refractivity contribution in [1.82, 2.24) is 0 Å². The van der Waals surface area contributed by atoms with Crippen LogP contribution in [0.15, 0.2) is 22.8 Å². The van der Waals surface area contributed by atoms with Crippen LogP contribution < -0.4 is 0 Å². The highest BCUT2D eigenvalue weighted by molar-refractivity contribution is 5.88. The lowest BCUT2D eigenvalue weighted by Crippen LogP contribution is -2.65. The van der Waals surface area contributed by atoms with E-state index in [9.17, 15) is 29.4 Å². The first kappa shape index (κ1) is 40.4. The number of allylic oxidation sites excluding steroid dienone is 2. The number of fused-ring (bicyclic) bond motifs is 5. The van der Waals surface area contributed by atoms with E-state index >= 15 is 0 Å². The number of hydrogen-bond acceptors (Lipinski definition) is 10. The van der Waals surface area contributed by atoms with E-state index in [-0.39, 0.29) is 52.6 Å². The van der Waals surface area contributed by atoms with E-state index in [1.54, 1.807) is 0 Å². The van der Waals surface area contributed by atoms with Crippen LogP contribution in [0.5, 0.6) is 0 Å². The number of carbonyl (C=O) groups is 4. The maximum Gasteiger partial charge on any atom is 0.331 e. The van der Waals surface area contributed by atoms with Crippen molar-refractivity contribution < 1.29 is 53.1 Å². The van der Waals surface area contributed by atoms with Crippen LogP contribution >= 0.6 is 0 Å². The SMILES string of the molecule is CC(=O)OC[C@H]1OC(O[C@@H]2CC[C@]3(C)C4[C@H](O)C[C@H]5/C(=C(/CCC=C(C)C)C(=O)O)[C@@H](OC(C)=O)C[C@]5(C)[C@@]4(C)CC[C@H]3[C@@H]2C)CC[C@@H]1OC(C)=O. The van der Waals surface area contributed by atoms with E-state index in [2.05, 4.69) is 27.7 Å². The summed E-state index contributed by atoms with van der Waals surface area (Å²) in [6, 6.07) is 0. The summed E-state index contributed by atoms with van der Waals surface area (Å²) in [6.45, 7) is 17.2. The first-order chi connectivity index (χ1) is 24.3. The van der Waals surface area contributed by atoms with Crippen LogP contribution in [-0.4, -0.2) is 77.5 Å². The summed E-state index contributed by atoms with van der Waals surface area (Å²) < 4.78 is 29.6. The van der Waals surface area contributed by atoms with Gasteiger partial charge in [0.1, 0.15) is 24.9 Å². The quantitative estimate of drug-likeness (QED) is 0.0812. The number of carboxylic acid groups (broad SMARTS) is 1. The highest BCUT2D eigenvalue weighted by atomic mass is 16.7. The second-order valence-corrected chi connectivity index (χ2v) is 17.4. The van der Waals surface area contributed by atoms with Crippen molar-refractivity contribution in [2.75, 3.05) is 6.61 Å². The minimum Gasteiger partial charge on any atom is -0.478 e. The van der Waals surface area contributed by atoms with Gasteiger partial charge in [-0.1, -0.05) is 39.3 Å². The summed E-state index contributed by atoms with van der Waals surface area (Å²) in [5.74, 6) is -2.07. The monoisotopic (exact) mass is 730 g/mol. The average Bonchev–Trinajstić information content (AvgIpc) is 3.30. The van der Waals surface area contributed by atoms with Gasteiger partial charge in [-0.2, -0.15) is 0 Å². The lowest BCUT2D eigenvalue weighted by atomic mass is 9.36. The van der Waals surface area contributed by atoms with Gasteiger partial charge in [0.25, 0.3) is 0 Å². The van der Waals surface area contributed by atoms with Crippen LogP contribution in [-0.2, 0) is 42.9 Å².